The zero-order chi connectivity index (χ0) is 19.2. The minimum absolute atomic E-state index is 0. The summed E-state index contributed by atoms with van der Waals surface area (Å²) in [6.45, 7) is 12.3. The number of hydrogen-bond donors (Lipinski definition) is 0. The average Bonchev–Trinajstić information content (AvgIpc) is 3.14. The summed E-state index contributed by atoms with van der Waals surface area (Å²) in [5.41, 5.74) is 0.00694. The third-order valence-corrected chi connectivity index (χ3v) is 2.07. The molecule has 0 spiro atoms. The van der Waals surface area contributed by atoms with E-state index in [1.807, 2.05) is 41.5 Å². The van der Waals surface area contributed by atoms with Crippen molar-refractivity contribution in [1.29, 1.82) is 0 Å². The Hall–Kier alpha value is 0.858. The SMILES string of the molecule is CC(C)(C)n1cnnn1.CC(C)(C)n1cnnn1.[ClH+][Cu][ClH+].[ClH+][Cu][ClH+].[Cu]. The standard InChI is InChI=1S/2C5H10N4.4ClH.3Cu/c2*1-5(2,3)9-4-6-7-8-9;;;;;;;/h2*4H,1-3H3;4*1H;;;/q;;;;;;;2*+2. The fourth-order valence-corrected chi connectivity index (χ4v) is 0.937. The molecule has 0 aliphatic carbocycles. The van der Waals surface area contributed by atoms with Crippen molar-refractivity contribution in [3.05, 3.63) is 12.7 Å². The largest absolute Gasteiger partial charge is 0 e. The van der Waals surface area contributed by atoms with E-state index in [9.17, 15) is 0 Å². The Morgan fingerprint density at radius 1 is 0.680 bits per heavy atom. The van der Waals surface area contributed by atoms with Crippen LogP contribution in [0.15, 0.2) is 12.7 Å². The number of tetrazole rings is 2. The molecule has 0 aromatic carbocycles. The van der Waals surface area contributed by atoms with Crippen molar-refractivity contribution < 1.29 is 83.7 Å². The van der Waals surface area contributed by atoms with Gasteiger partial charge in [0.05, 0.1) is 11.1 Å². The number of aromatic nitrogens is 8. The van der Waals surface area contributed by atoms with Crippen molar-refractivity contribution in [2.24, 2.45) is 0 Å². The number of nitrogens with zero attached hydrogens (tertiary/aromatic N) is 8. The van der Waals surface area contributed by atoms with E-state index in [1.165, 1.54) is 0 Å². The van der Waals surface area contributed by atoms with Gasteiger partial charge in [-0.05, 0) is 62.4 Å². The van der Waals surface area contributed by atoms with Crippen molar-refractivity contribution in [1.82, 2.24) is 40.4 Å². The summed E-state index contributed by atoms with van der Waals surface area (Å²) in [4.78, 5) is 0. The Bertz CT molecular complexity index is 441. The van der Waals surface area contributed by atoms with Crippen molar-refractivity contribution in [2.45, 2.75) is 52.6 Å². The maximum Gasteiger partial charge on any atom is 0 e. The first-order chi connectivity index (χ1) is 11.0. The molecule has 15 heteroatoms. The molecule has 0 unspecified atom stereocenters. The van der Waals surface area contributed by atoms with Crippen LogP contribution in [0.5, 0.6) is 0 Å². The van der Waals surface area contributed by atoms with Crippen LogP contribution in [0.3, 0.4) is 0 Å². The molecular formula is C10H24Cl4Cu3N8+4. The van der Waals surface area contributed by atoms with Gasteiger partial charge >= 0.3 is 66.7 Å². The van der Waals surface area contributed by atoms with E-state index in [2.05, 4.69) is 71.4 Å². The summed E-state index contributed by atoms with van der Waals surface area (Å²) < 4.78 is 3.43. The molecule has 2 rings (SSSR count). The van der Waals surface area contributed by atoms with Gasteiger partial charge in [-0.1, -0.05) is 0 Å². The molecule has 8 nitrogen and oxygen atoms in total. The minimum atomic E-state index is 0. The number of rotatable bonds is 0. The van der Waals surface area contributed by atoms with E-state index in [0.717, 1.165) is 26.3 Å². The van der Waals surface area contributed by atoms with Gasteiger partial charge in [0.1, 0.15) is 12.7 Å². The first-order valence-corrected chi connectivity index (χ1v) is 11.8. The van der Waals surface area contributed by atoms with Crippen LogP contribution in [0.25, 0.3) is 0 Å². The van der Waals surface area contributed by atoms with Crippen LogP contribution in [0.2, 0.25) is 0 Å². The van der Waals surface area contributed by atoms with Crippen molar-refractivity contribution in [2.75, 3.05) is 0 Å². The quantitative estimate of drug-likeness (QED) is 0.396. The van der Waals surface area contributed by atoms with E-state index in [4.69, 9.17) is 0 Å². The second-order valence-corrected chi connectivity index (χ2v) is 9.58. The van der Waals surface area contributed by atoms with E-state index in [0.29, 0.717) is 0 Å². The molecule has 2 heterocycles. The molecule has 1 radical (unpaired) electrons. The summed E-state index contributed by atoms with van der Waals surface area (Å²) in [5.74, 6) is 0. The third kappa shape index (κ3) is 18.0. The minimum Gasteiger partial charge on any atom is 0 e. The Morgan fingerprint density at radius 2 is 0.920 bits per heavy atom. The summed E-state index contributed by atoms with van der Waals surface area (Å²) in [7, 11) is 16.5. The molecule has 161 valence electrons. The number of halogens is 4. The van der Waals surface area contributed by atoms with Crippen molar-refractivity contribution in [3.63, 3.8) is 0 Å². The van der Waals surface area contributed by atoms with E-state index < -0.39 is 0 Å². The summed E-state index contributed by atoms with van der Waals surface area (Å²) in [6.07, 6.45) is 3.22. The molecule has 0 aliphatic heterocycles. The summed E-state index contributed by atoms with van der Waals surface area (Å²) in [6, 6.07) is 0. The van der Waals surface area contributed by atoms with Gasteiger partial charge in [-0.15, -0.1) is 10.2 Å². The average molecular weight is 589 g/mol. The second-order valence-electron chi connectivity index (χ2n) is 5.95. The van der Waals surface area contributed by atoms with Crippen LogP contribution in [0.1, 0.15) is 41.5 Å². The molecule has 2 aromatic rings. The van der Waals surface area contributed by atoms with E-state index in [1.54, 1.807) is 22.0 Å². The van der Waals surface area contributed by atoms with Gasteiger partial charge in [-0.25, -0.2) is 9.36 Å². The molecule has 25 heavy (non-hydrogen) atoms. The third-order valence-electron chi connectivity index (χ3n) is 2.07. The Kier molecular flexibility index (Phi) is 20.8. The monoisotopic (exact) mass is 585 g/mol. The fraction of sp³-hybridized carbons (Fsp3) is 0.800. The first kappa shape index (κ1) is 30.6. The molecule has 0 saturated carbocycles. The molecule has 0 N–H and O–H groups in total. The van der Waals surface area contributed by atoms with Crippen LogP contribution < -0.4 is 0 Å². The maximum atomic E-state index is 4.11. The molecule has 2 aromatic heterocycles. The second kappa shape index (κ2) is 17.0. The van der Waals surface area contributed by atoms with Crippen molar-refractivity contribution in [3.8, 4) is 0 Å². The van der Waals surface area contributed by atoms with Gasteiger partial charge in [0.25, 0.3) is 0 Å². The maximum absolute atomic E-state index is 4.11. The summed E-state index contributed by atoms with van der Waals surface area (Å²) in [5, 5.41) is 21.6. The van der Waals surface area contributed by atoms with E-state index >= 15 is 0 Å². The summed E-state index contributed by atoms with van der Waals surface area (Å²) >= 11 is 1.96. The molecule has 0 fully saturated rings. The van der Waals surface area contributed by atoms with Crippen LogP contribution in [-0.2, 0) is 54.4 Å². The molecule has 0 aliphatic rings. The molecule has 0 amide bonds. The van der Waals surface area contributed by atoms with Gasteiger partial charge in [0, 0.05) is 17.1 Å². The van der Waals surface area contributed by atoms with Crippen LogP contribution in [0, 0.1) is 40.4 Å². The van der Waals surface area contributed by atoms with Gasteiger partial charge < -0.3 is 0 Å². The van der Waals surface area contributed by atoms with Gasteiger partial charge in [-0.2, -0.15) is 0 Å². The predicted molar refractivity (Wildman–Crippen MR) is 71.2 cm³/mol. The van der Waals surface area contributed by atoms with Crippen LogP contribution in [-0.4, -0.2) is 40.4 Å². The van der Waals surface area contributed by atoms with Crippen LogP contribution >= 0.6 is 0 Å². The molecular weight excluding hydrogens is 565 g/mol. The van der Waals surface area contributed by atoms with Crippen LogP contribution in [0.4, 0.5) is 0 Å². The van der Waals surface area contributed by atoms with Gasteiger partial charge in [-0.3, -0.25) is 0 Å². The molecule has 0 atom stereocenters. The fourth-order valence-electron chi connectivity index (χ4n) is 0.937. The molecule has 0 bridgehead atoms. The zero-order valence-corrected chi connectivity index (χ0v) is 20.4. The Morgan fingerprint density at radius 3 is 1.00 bits per heavy atom. The predicted octanol–water partition coefficient (Wildman–Crippen LogP) is -0.222. The first-order valence-electron chi connectivity index (χ1n) is 6.17. The molecule has 0 saturated heterocycles. The van der Waals surface area contributed by atoms with Gasteiger partial charge in [0.2, 0.25) is 0 Å². The van der Waals surface area contributed by atoms with E-state index in [-0.39, 0.29) is 28.1 Å². The normalized spacial score (nSPS) is 10.3. The Labute approximate surface area is 188 Å². The Balaban J connectivity index is -0.000000287. The van der Waals surface area contributed by atoms with Gasteiger partial charge in [0.15, 0.2) is 0 Å². The topological polar surface area (TPSA) is 87.2 Å². The number of hydrogen-bond acceptors (Lipinski definition) is 6. The zero-order valence-electron chi connectivity index (χ0n) is 14.3. The smallest absolute Gasteiger partial charge is 0 e. The van der Waals surface area contributed by atoms with Crippen molar-refractivity contribution >= 4 is 0 Å².